The van der Waals surface area contributed by atoms with Crippen LogP contribution in [0.25, 0.3) is 0 Å². The average molecular weight is 1330 g/mol. The number of hydrogen-bond donors (Lipinski definition) is 3. The maximum absolute atomic E-state index is 13.0. The van der Waals surface area contributed by atoms with Crippen LogP contribution in [0.5, 0.6) is 0 Å². The molecule has 90 heavy (non-hydrogen) atoms. The molecule has 19 heteroatoms. The van der Waals surface area contributed by atoms with Crippen LogP contribution < -0.4 is 0 Å². The van der Waals surface area contributed by atoms with Crippen molar-refractivity contribution in [3.05, 3.63) is 0 Å². The van der Waals surface area contributed by atoms with Gasteiger partial charge in [0.15, 0.2) is 12.2 Å². The SMILES string of the molecule is CCC(C)CCCCCCCCC(=O)OC[C@H](COP(=O)(O)OC[C@H](O)COP(=O)(O)OC[C@@H](COC(=O)CCCCCCCCCCCCCCC(C)C)OC(=O)CCCCCCCCCCCCCCC(C)C)OC(=O)CCCCCCCCCC(C)C. The Morgan fingerprint density at radius 1 is 0.311 bits per heavy atom. The van der Waals surface area contributed by atoms with E-state index in [1.165, 1.54) is 148 Å². The second-order valence-electron chi connectivity index (χ2n) is 27.3. The molecule has 0 rings (SSSR count). The standard InChI is InChI=1S/C71H138O17P2/c1-9-64(8)50-42-34-29-30-36-44-52-69(74)82-58-67(88-71(76)54-46-38-28-22-25-33-41-49-63(6)7)60-86-90(79,80)84-56-65(72)55-83-89(77,78)85-59-66(87-70(75)53-45-37-27-21-17-13-11-15-19-24-32-40-48-62(4)5)57-81-68(73)51-43-35-26-20-16-12-10-14-18-23-31-39-47-61(2)3/h61-67,72H,9-60H2,1-8H3,(H,77,78)(H,79,80)/t64?,65-,66-,67-/m1/s1. The Hall–Kier alpha value is -1.94. The third-order valence-corrected chi connectivity index (χ3v) is 18.6. The molecular weight excluding hydrogens is 1190 g/mol. The van der Waals surface area contributed by atoms with E-state index in [9.17, 15) is 43.2 Å². The summed E-state index contributed by atoms with van der Waals surface area (Å²) >= 11 is 0. The monoisotopic (exact) mass is 1320 g/mol. The fourth-order valence-corrected chi connectivity index (χ4v) is 12.2. The Morgan fingerprint density at radius 3 is 0.789 bits per heavy atom. The van der Waals surface area contributed by atoms with Gasteiger partial charge < -0.3 is 33.8 Å². The fourth-order valence-electron chi connectivity index (χ4n) is 10.6. The van der Waals surface area contributed by atoms with Crippen molar-refractivity contribution in [2.75, 3.05) is 39.6 Å². The summed E-state index contributed by atoms with van der Waals surface area (Å²) in [5.41, 5.74) is 0. The van der Waals surface area contributed by atoms with Crippen molar-refractivity contribution in [3.8, 4) is 0 Å². The maximum atomic E-state index is 13.0. The van der Waals surface area contributed by atoms with Gasteiger partial charge in [-0.25, -0.2) is 9.13 Å². The topological polar surface area (TPSA) is 237 Å². The van der Waals surface area contributed by atoms with Crippen molar-refractivity contribution >= 4 is 39.5 Å². The number of carbonyl (C=O) groups excluding carboxylic acids is 4. The minimum atomic E-state index is -4.95. The number of unbranched alkanes of at least 4 members (excludes halogenated alkanes) is 33. The minimum absolute atomic E-state index is 0.102. The zero-order chi connectivity index (χ0) is 66.8. The number of carbonyl (C=O) groups is 4. The smallest absolute Gasteiger partial charge is 0.462 e. The molecule has 17 nitrogen and oxygen atoms in total. The maximum Gasteiger partial charge on any atom is 0.472 e. The second kappa shape index (κ2) is 60.7. The predicted molar refractivity (Wildman–Crippen MR) is 363 cm³/mol. The van der Waals surface area contributed by atoms with Crippen molar-refractivity contribution < 1.29 is 80.2 Å². The lowest BCUT2D eigenvalue weighted by atomic mass is 10.00. The van der Waals surface area contributed by atoms with Crippen LogP contribution in [0, 0.1) is 23.7 Å². The molecule has 0 bridgehead atoms. The molecule has 0 fully saturated rings. The molecule has 0 spiro atoms. The molecule has 0 aliphatic heterocycles. The van der Waals surface area contributed by atoms with Crippen LogP contribution >= 0.6 is 15.6 Å². The molecule has 0 radical (unpaired) electrons. The Kier molecular flexibility index (Phi) is 59.4. The van der Waals surface area contributed by atoms with Gasteiger partial charge in [-0.3, -0.25) is 37.3 Å². The van der Waals surface area contributed by atoms with Gasteiger partial charge in [-0.15, -0.1) is 0 Å². The minimum Gasteiger partial charge on any atom is -0.462 e. The van der Waals surface area contributed by atoms with Gasteiger partial charge in [0, 0.05) is 25.7 Å². The van der Waals surface area contributed by atoms with E-state index in [2.05, 4.69) is 55.4 Å². The molecule has 0 aliphatic rings. The molecule has 0 aliphatic carbocycles. The van der Waals surface area contributed by atoms with Crippen LogP contribution in [-0.4, -0.2) is 96.7 Å². The normalized spacial score (nSPS) is 14.6. The highest BCUT2D eigenvalue weighted by Gasteiger charge is 2.30. The van der Waals surface area contributed by atoms with Gasteiger partial charge in [-0.1, -0.05) is 299 Å². The molecular formula is C71H138O17P2. The molecule has 0 heterocycles. The number of ether oxygens (including phenoxy) is 4. The van der Waals surface area contributed by atoms with E-state index in [0.29, 0.717) is 31.6 Å². The summed E-state index contributed by atoms with van der Waals surface area (Å²) in [4.78, 5) is 72.6. The molecule has 3 unspecified atom stereocenters. The summed E-state index contributed by atoms with van der Waals surface area (Å²) in [6.45, 7) is 14.1. The summed E-state index contributed by atoms with van der Waals surface area (Å²) in [7, 11) is -9.90. The van der Waals surface area contributed by atoms with E-state index in [4.69, 9.17) is 37.0 Å². The first-order valence-corrected chi connectivity index (χ1v) is 39.7. The number of aliphatic hydroxyl groups excluding tert-OH is 1. The molecule has 0 aromatic carbocycles. The number of phosphoric ester groups is 2. The first kappa shape index (κ1) is 88.1. The summed E-state index contributed by atoms with van der Waals surface area (Å²) in [6, 6.07) is 0. The van der Waals surface area contributed by atoms with Gasteiger partial charge in [0.1, 0.15) is 19.3 Å². The molecule has 534 valence electrons. The Labute approximate surface area is 549 Å². The van der Waals surface area contributed by atoms with Gasteiger partial charge >= 0.3 is 39.5 Å². The third-order valence-electron chi connectivity index (χ3n) is 16.7. The summed E-state index contributed by atoms with van der Waals surface area (Å²) in [5, 5.41) is 10.6. The van der Waals surface area contributed by atoms with Crippen LogP contribution in [0.4, 0.5) is 0 Å². The van der Waals surface area contributed by atoms with E-state index in [1.54, 1.807) is 0 Å². The van der Waals surface area contributed by atoms with Gasteiger partial charge in [0.25, 0.3) is 0 Å². The first-order valence-electron chi connectivity index (χ1n) is 36.7. The molecule has 0 amide bonds. The number of hydrogen-bond acceptors (Lipinski definition) is 15. The summed E-state index contributed by atoms with van der Waals surface area (Å²) in [6.07, 6.45) is 43.2. The summed E-state index contributed by atoms with van der Waals surface area (Å²) in [5.74, 6) is 0.855. The predicted octanol–water partition coefficient (Wildman–Crippen LogP) is 20.1. The van der Waals surface area contributed by atoms with Gasteiger partial charge in [-0.2, -0.15) is 0 Å². The zero-order valence-corrected chi connectivity index (χ0v) is 60.6. The van der Waals surface area contributed by atoms with E-state index in [0.717, 1.165) is 114 Å². The lowest BCUT2D eigenvalue weighted by molar-refractivity contribution is -0.161. The van der Waals surface area contributed by atoms with Crippen LogP contribution in [-0.2, 0) is 65.4 Å². The third kappa shape index (κ3) is 63.5. The van der Waals surface area contributed by atoms with E-state index < -0.39 is 97.5 Å². The van der Waals surface area contributed by atoms with Crippen molar-refractivity contribution in [2.24, 2.45) is 23.7 Å². The van der Waals surface area contributed by atoms with Gasteiger partial charge in [-0.05, 0) is 49.4 Å². The molecule has 3 N–H and O–H groups in total. The summed E-state index contributed by atoms with van der Waals surface area (Å²) < 4.78 is 68.3. The van der Waals surface area contributed by atoms with Gasteiger partial charge in [0.05, 0.1) is 26.4 Å². The molecule has 0 aromatic rings. The van der Waals surface area contributed by atoms with Crippen molar-refractivity contribution in [2.45, 2.75) is 369 Å². The Balaban J connectivity index is 5.25. The largest absolute Gasteiger partial charge is 0.472 e. The van der Waals surface area contributed by atoms with Crippen LogP contribution in [0.3, 0.4) is 0 Å². The number of esters is 4. The van der Waals surface area contributed by atoms with Crippen LogP contribution in [0.1, 0.15) is 351 Å². The quantitative estimate of drug-likeness (QED) is 0.0222. The molecule has 6 atom stereocenters. The van der Waals surface area contributed by atoms with Crippen LogP contribution in [0.2, 0.25) is 0 Å². The van der Waals surface area contributed by atoms with E-state index in [1.807, 2.05) is 0 Å². The Morgan fingerprint density at radius 2 is 0.533 bits per heavy atom. The van der Waals surface area contributed by atoms with Crippen molar-refractivity contribution in [3.63, 3.8) is 0 Å². The molecule has 0 saturated carbocycles. The van der Waals surface area contributed by atoms with Gasteiger partial charge in [0.2, 0.25) is 0 Å². The van der Waals surface area contributed by atoms with Crippen molar-refractivity contribution in [1.82, 2.24) is 0 Å². The highest BCUT2D eigenvalue weighted by Crippen LogP contribution is 2.45. The first-order chi connectivity index (χ1) is 43.1. The van der Waals surface area contributed by atoms with Crippen molar-refractivity contribution in [1.29, 1.82) is 0 Å². The highest BCUT2D eigenvalue weighted by atomic mass is 31.2. The Bertz CT molecular complexity index is 1780. The average Bonchev–Trinajstić information content (AvgIpc) is 2.81. The lowest BCUT2D eigenvalue weighted by Crippen LogP contribution is -2.30. The lowest BCUT2D eigenvalue weighted by Gasteiger charge is -2.21. The second-order valence-corrected chi connectivity index (χ2v) is 30.2. The number of aliphatic hydroxyl groups is 1. The highest BCUT2D eigenvalue weighted by molar-refractivity contribution is 7.47. The number of phosphoric acid groups is 2. The fraction of sp³-hybridized carbons (Fsp3) is 0.944. The molecule has 0 aromatic heterocycles. The zero-order valence-electron chi connectivity index (χ0n) is 58.8. The number of rotatable bonds is 68. The van der Waals surface area contributed by atoms with Crippen LogP contribution in [0.15, 0.2) is 0 Å². The molecule has 0 saturated heterocycles. The van der Waals surface area contributed by atoms with E-state index in [-0.39, 0.29) is 25.7 Å². The van der Waals surface area contributed by atoms with E-state index >= 15 is 0 Å².